The van der Waals surface area contributed by atoms with Crippen molar-refractivity contribution in [2.75, 3.05) is 0 Å². The predicted molar refractivity (Wildman–Crippen MR) is 63.6 cm³/mol. The Morgan fingerprint density at radius 3 is 2.47 bits per heavy atom. The van der Waals surface area contributed by atoms with Gasteiger partial charge in [-0.05, 0) is 32.1 Å². The highest BCUT2D eigenvalue weighted by molar-refractivity contribution is 5.90. The molecule has 3 unspecified atom stereocenters. The third kappa shape index (κ3) is 2.81. The molecule has 1 rings (SSSR count). The van der Waals surface area contributed by atoms with Crippen LogP contribution in [0.15, 0.2) is 0 Å². The van der Waals surface area contributed by atoms with Crippen molar-refractivity contribution in [3.63, 3.8) is 0 Å². The van der Waals surface area contributed by atoms with Crippen LogP contribution in [-0.4, -0.2) is 11.3 Å². The highest BCUT2D eigenvalue weighted by Gasteiger charge is 2.37. The Morgan fingerprint density at radius 1 is 1.33 bits per heavy atom. The molecule has 1 aliphatic carbocycles. The number of ketones is 1. The molecule has 2 heteroatoms. The maximum atomic E-state index is 12.3. The molecule has 15 heavy (non-hydrogen) atoms. The van der Waals surface area contributed by atoms with Crippen molar-refractivity contribution < 1.29 is 4.79 Å². The van der Waals surface area contributed by atoms with Crippen LogP contribution in [0.1, 0.15) is 59.3 Å². The van der Waals surface area contributed by atoms with Crippen molar-refractivity contribution in [2.45, 2.75) is 64.8 Å². The maximum absolute atomic E-state index is 12.3. The SMILES string of the molecule is CCC1CCCCC1C(=O)C(C)(N)CC. The second kappa shape index (κ2) is 5.11. The van der Waals surface area contributed by atoms with Gasteiger partial charge in [-0.1, -0.05) is 33.1 Å². The number of hydrogen-bond donors (Lipinski definition) is 1. The lowest BCUT2D eigenvalue weighted by atomic mass is 9.71. The molecule has 0 heterocycles. The summed E-state index contributed by atoms with van der Waals surface area (Å²) in [4.78, 5) is 12.3. The van der Waals surface area contributed by atoms with Crippen molar-refractivity contribution in [3.8, 4) is 0 Å². The van der Waals surface area contributed by atoms with Gasteiger partial charge in [-0.2, -0.15) is 0 Å². The smallest absolute Gasteiger partial charge is 0.155 e. The van der Waals surface area contributed by atoms with E-state index >= 15 is 0 Å². The number of hydrogen-bond acceptors (Lipinski definition) is 2. The maximum Gasteiger partial charge on any atom is 0.155 e. The minimum absolute atomic E-state index is 0.235. The van der Waals surface area contributed by atoms with Gasteiger partial charge in [-0.3, -0.25) is 4.79 Å². The summed E-state index contributed by atoms with van der Waals surface area (Å²) >= 11 is 0. The summed E-state index contributed by atoms with van der Waals surface area (Å²) in [6.45, 7) is 6.08. The lowest BCUT2D eigenvalue weighted by molar-refractivity contribution is -0.130. The second-order valence-corrected chi connectivity index (χ2v) is 5.19. The average Bonchev–Trinajstić information content (AvgIpc) is 2.28. The van der Waals surface area contributed by atoms with Gasteiger partial charge in [0.25, 0.3) is 0 Å². The molecule has 0 saturated heterocycles. The van der Waals surface area contributed by atoms with E-state index in [-0.39, 0.29) is 5.92 Å². The summed E-state index contributed by atoms with van der Waals surface area (Å²) in [6.07, 6.45) is 6.63. The van der Waals surface area contributed by atoms with E-state index in [1.54, 1.807) is 0 Å². The monoisotopic (exact) mass is 211 g/mol. The normalized spacial score (nSPS) is 30.9. The van der Waals surface area contributed by atoms with E-state index in [1.807, 2.05) is 13.8 Å². The summed E-state index contributed by atoms with van der Waals surface area (Å²) in [7, 11) is 0. The van der Waals surface area contributed by atoms with E-state index in [0.29, 0.717) is 11.7 Å². The van der Waals surface area contributed by atoms with Gasteiger partial charge < -0.3 is 5.73 Å². The van der Waals surface area contributed by atoms with Crippen molar-refractivity contribution in [1.29, 1.82) is 0 Å². The Labute approximate surface area is 93.6 Å². The molecule has 0 radical (unpaired) electrons. The van der Waals surface area contributed by atoms with Gasteiger partial charge in [0, 0.05) is 5.92 Å². The quantitative estimate of drug-likeness (QED) is 0.777. The fourth-order valence-electron chi connectivity index (χ4n) is 2.64. The van der Waals surface area contributed by atoms with E-state index in [4.69, 9.17) is 5.73 Å². The van der Waals surface area contributed by atoms with Crippen molar-refractivity contribution in [1.82, 2.24) is 0 Å². The van der Waals surface area contributed by atoms with Crippen LogP contribution in [0.3, 0.4) is 0 Å². The zero-order valence-corrected chi connectivity index (χ0v) is 10.4. The molecule has 0 aliphatic heterocycles. The van der Waals surface area contributed by atoms with Crippen molar-refractivity contribution >= 4 is 5.78 Å². The highest BCUT2D eigenvalue weighted by Crippen LogP contribution is 2.35. The molecule has 1 fully saturated rings. The molecule has 3 atom stereocenters. The van der Waals surface area contributed by atoms with Crippen LogP contribution in [0.4, 0.5) is 0 Å². The number of nitrogens with two attached hydrogens (primary N) is 1. The topological polar surface area (TPSA) is 43.1 Å². The van der Waals surface area contributed by atoms with Crippen molar-refractivity contribution in [2.24, 2.45) is 17.6 Å². The van der Waals surface area contributed by atoms with Crippen LogP contribution in [0.5, 0.6) is 0 Å². The van der Waals surface area contributed by atoms with Crippen LogP contribution in [-0.2, 0) is 4.79 Å². The molecule has 1 aliphatic rings. The summed E-state index contributed by atoms with van der Waals surface area (Å²) in [5, 5.41) is 0. The van der Waals surface area contributed by atoms with Gasteiger partial charge >= 0.3 is 0 Å². The third-order valence-electron chi connectivity index (χ3n) is 4.07. The predicted octanol–water partition coefficient (Wildman–Crippen LogP) is 2.90. The molecule has 0 amide bonds. The molecule has 0 spiro atoms. The number of carbonyl (C=O) groups is 1. The van der Waals surface area contributed by atoms with E-state index in [2.05, 4.69) is 6.92 Å². The Morgan fingerprint density at radius 2 is 1.93 bits per heavy atom. The number of Topliss-reactive ketones (excluding diaryl/α,β-unsaturated/α-hetero) is 1. The molecule has 0 aromatic heterocycles. The van der Waals surface area contributed by atoms with Gasteiger partial charge in [-0.25, -0.2) is 0 Å². The first kappa shape index (κ1) is 12.7. The molecule has 0 aromatic rings. The molecule has 0 bridgehead atoms. The standard InChI is InChI=1S/C13H25NO/c1-4-10-8-6-7-9-11(10)12(15)13(3,14)5-2/h10-11H,4-9,14H2,1-3H3. The van der Waals surface area contributed by atoms with Gasteiger partial charge in [0.05, 0.1) is 5.54 Å². The van der Waals surface area contributed by atoms with Crippen LogP contribution in [0, 0.1) is 11.8 Å². The Kier molecular flexibility index (Phi) is 4.32. The second-order valence-electron chi connectivity index (χ2n) is 5.19. The third-order valence-corrected chi connectivity index (χ3v) is 4.07. The van der Waals surface area contributed by atoms with Crippen LogP contribution in [0.2, 0.25) is 0 Å². The lowest BCUT2D eigenvalue weighted by Crippen LogP contribution is -2.49. The molecule has 2 nitrogen and oxygen atoms in total. The highest BCUT2D eigenvalue weighted by atomic mass is 16.1. The zero-order valence-electron chi connectivity index (χ0n) is 10.4. The van der Waals surface area contributed by atoms with Crippen molar-refractivity contribution in [3.05, 3.63) is 0 Å². The Bertz CT molecular complexity index is 223. The van der Waals surface area contributed by atoms with E-state index < -0.39 is 5.54 Å². The molecular weight excluding hydrogens is 186 g/mol. The average molecular weight is 211 g/mol. The Hall–Kier alpha value is -0.370. The van der Waals surface area contributed by atoms with Gasteiger partial charge in [-0.15, -0.1) is 0 Å². The summed E-state index contributed by atoms with van der Waals surface area (Å²) in [5.74, 6) is 1.12. The molecular formula is C13H25NO. The zero-order chi connectivity index (χ0) is 11.5. The minimum Gasteiger partial charge on any atom is -0.319 e. The fourth-order valence-corrected chi connectivity index (χ4v) is 2.64. The molecule has 88 valence electrons. The number of rotatable bonds is 4. The van der Waals surface area contributed by atoms with E-state index in [1.165, 1.54) is 19.3 Å². The largest absolute Gasteiger partial charge is 0.319 e. The first-order chi connectivity index (χ1) is 7.03. The fraction of sp³-hybridized carbons (Fsp3) is 0.923. The summed E-state index contributed by atoms with van der Waals surface area (Å²) < 4.78 is 0. The van der Waals surface area contributed by atoms with Crippen LogP contribution in [0.25, 0.3) is 0 Å². The van der Waals surface area contributed by atoms with Gasteiger partial charge in [0.15, 0.2) is 5.78 Å². The summed E-state index contributed by atoms with van der Waals surface area (Å²) in [6, 6.07) is 0. The minimum atomic E-state index is -0.602. The lowest BCUT2D eigenvalue weighted by Gasteiger charge is -2.35. The van der Waals surface area contributed by atoms with E-state index in [0.717, 1.165) is 19.3 Å². The Balaban J connectivity index is 2.72. The van der Waals surface area contributed by atoms with Crippen LogP contribution < -0.4 is 5.73 Å². The first-order valence-corrected chi connectivity index (χ1v) is 6.36. The number of carbonyl (C=O) groups excluding carboxylic acids is 1. The van der Waals surface area contributed by atoms with Crippen LogP contribution >= 0.6 is 0 Å². The van der Waals surface area contributed by atoms with E-state index in [9.17, 15) is 4.79 Å². The van der Waals surface area contributed by atoms with Gasteiger partial charge in [0.2, 0.25) is 0 Å². The molecule has 1 saturated carbocycles. The van der Waals surface area contributed by atoms with Gasteiger partial charge in [0.1, 0.15) is 0 Å². The molecule has 2 N–H and O–H groups in total. The molecule has 0 aromatic carbocycles. The summed E-state index contributed by atoms with van der Waals surface area (Å²) in [5.41, 5.74) is 5.46. The first-order valence-electron chi connectivity index (χ1n) is 6.36.